The molecule has 0 amide bonds. The van der Waals surface area contributed by atoms with Gasteiger partial charge in [0.25, 0.3) is 0 Å². The average Bonchev–Trinajstić information content (AvgIpc) is 2.92. The van der Waals surface area contributed by atoms with E-state index in [0.717, 1.165) is 24.4 Å². The van der Waals surface area contributed by atoms with Gasteiger partial charge in [-0.2, -0.15) is 0 Å². The summed E-state index contributed by atoms with van der Waals surface area (Å²) in [5.74, 6) is 0.496. The minimum atomic E-state index is -0.388. The molecule has 1 heterocycles. The standard InChI is InChI=1S/C14H17ClFN3/c1-2-5-17-13(14-18-6-7-19-14)9-10-3-4-12(16)11(15)8-10/h3-4,6-8,13,17H,2,5,9H2,1H3,(H,18,19). The highest BCUT2D eigenvalue weighted by Crippen LogP contribution is 2.20. The molecule has 0 aliphatic carbocycles. The summed E-state index contributed by atoms with van der Waals surface area (Å²) in [5, 5.41) is 3.58. The molecule has 0 spiro atoms. The zero-order chi connectivity index (χ0) is 13.7. The lowest BCUT2D eigenvalue weighted by molar-refractivity contribution is 0.508. The van der Waals surface area contributed by atoms with Crippen LogP contribution in [0.5, 0.6) is 0 Å². The fourth-order valence-electron chi connectivity index (χ4n) is 1.95. The van der Waals surface area contributed by atoms with E-state index in [9.17, 15) is 4.39 Å². The molecule has 0 saturated carbocycles. The van der Waals surface area contributed by atoms with Crippen LogP contribution in [0, 0.1) is 5.82 Å². The summed E-state index contributed by atoms with van der Waals surface area (Å²) in [6, 6.07) is 4.90. The number of imidazole rings is 1. The number of benzene rings is 1. The third-order valence-electron chi connectivity index (χ3n) is 2.91. The molecule has 0 saturated heterocycles. The SMILES string of the molecule is CCCNC(Cc1ccc(F)c(Cl)c1)c1ncc[nH]1. The number of nitrogens with one attached hydrogen (secondary N) is 2. The monoisotopic (exact) mass is 281 g/mol. The summed E-state index contributed by atoms with van der Waals surface area (Å²) in [7, 11) is 0. The van der Waals surface area contributed by atoms with Crippen molar-refractivity contribution in [3.8, 4) is 0 Å². The van der Waals surface area contributed by atoms with Gasteiger partial charge < -0.3 is 10.3 Å². The Kier molecular flexibility index (Phi) is 4.93. The molecule has 19 heavy (non-hydrogen) atoms. The molecule has 0 radical (unpaired) electrons. The van der Waals surface area contributed by atoms with Crippen molar-refractivity contribution in [3.05, 3.63) is 52.8 Å². The summed E-state index contributed by atoms with van der Waals surface area (Å²) < 4.78 is 13.1. The van der Waals surface area contributed by atoms with Gasteiger partial charge in [0.1, 0.15) is 11.6 Å². The van der Waals surface area contributed by atoms with Crippen LogP contribution in [0.3, 0.4) is 0 Å². The van der Waals surface area contributed by atoms with Gasteiger partial charge in [0.05, 0.1) is 11.1 Å². The topological polar surface area (TPSA) is 40.7 Å². The predicted molar refractivity (Wildman–Crippen MR) is 74.7 cm³/mol. The zero-order valence-corrected chi connectivity index (χ0v) is 11.5. The van der Waals surface area contributed by atoms with Crippen LogP contribution in [0.4, 0.5) is 4.39 Å². The van der Waals surface area contributed by atoms with Crippen LogP contribution in [-0.4, -0.2) is 16.5 Å². The van der Waals surface area contributed by atoms with Gasteiger partial charge >= 0.3 is 0 Å². The van der Waals surface area contributed by atoms with Crippen molar-refractivity contribution in [1.82, 2.24) is 15.3 Å². The van der Waals surface area contributed by atoms with Crippen molar-refractivity contribution >= 4 is 11.6 Å². The van der Waals surface area contributed by atoms with Crippen LogP contribution in [-0.2, 0) is 6.42 Å². The van der Waals surface area contributed by atoms with Crippen molar-refractivity contribution in [2.45, 2.75) is 25.8 Å². The van der Waals surface area contributed by atoms with E-state index in [0.29, 0.717) is 6.42 Å². The summed E-state index contributed by atoms with van der Waals surface area (Å²) in [6.45, 7) is 3.02. The van der Waals surface area contributed by atoms with Crippen molar-refractivity contribution < 1.29 is 4.39 Å². The van der Waals surface area contributed by atoms with E-state index in [1.165, 1.54) is 6.07 Å². The molecule has 102 valence electrons. The molecule has 1 atom stereocenters. The van der Waals surface area contributed by atoms with E-state index in [2.05, 4.69) is 22.2 Å². The average molecular weight is 282 g/mol. The van der Waals surface area contributed by atoms with E-state index < -0.39 is 0 Å². The largest absolute Gasteiger partial charge is 0.347 e. The molecule has 5 heteroatoms. The van der Waals surface area contributed by atoms with E-state index in [1.54, 1.807) is 24.5 Å². The molecule has 2 rings (SSSR count). The minimum Gasteiger partial charge on any atom is -0.347 e. The smallest absolute Gasteiger partial charge is 0.141 e. The van der Waals surface area contributed by atoms with Crippen LogP contribution < -0.4 is 5.32 Å². The van der Waals surface area contributed by atoms with Gasteiger partial charge in [-0.1, -0.05) is 24.6 Å². The Morgan fingerprint density at radius 2 is 2.32 bits per heavy atom. The van der Waals surface area contributed by atoms with Gasteiger partial charge in [-0.25, -0.2) is 9.37 Å². The fraction of sp³-hybridized carbons (Fsp3) is 0.357. The maximum atomic E-state index is 13.1. The predicted octanol–water partition coefficient (Wildman–Crippen LogP) is 3.49. The lowest BCUT2D eigenvalue weighted by atomic mass is 10.1. The molecule has 0 aliphatic rings. The van der Waals surface area contributed by atoms with Gasteiger partial charge in [0, 0.05) is 12.4 Å². The summed E-state index contributed by atoms with van der Waals surface area (Å²) in [6.07, 6.45) is 5.29. The number of halogens is 2. The molecule has 2 N–H and O–H groups in total. The van der Waals surface area contributed by atoms with E-state index in [1.807, 2.05) is 0 Å². The third-order valence-corrected chi connectivity index (χ3v) is 3.20. The number of aromatic nitrogens is 2. The van der Waals surface area contributed by atoms with E-state index in [-0.39, 0.29) is 16.9 Å². The second kappa shape index (κ2) is 6.68. The fourth-order valence-corrected chi connectivity index (χ4v) is 2.16. The molecule has 0 bridgehead atoms. The number of rotatable bonds is 6. The van der Waals surface area contributed by atoms with Crippen molar-refractivity contribution in [2.75, 3.05) is 6.54 Å². The molecule has 0 aliphatic heterocycles. The molecule has 1 unspecified atom stereocenters. The highest BCUT2D eigenvalue weighted by atomic mass is 35.5. The lowest BCUT2D eigenvalue weighted by Gasteiger charge is -2.16. The summed E-state index contributed by atoms with van der Waals surface area (Å²) >= 11 is 5.81. The van der Waals surface area contributed by atoms with E-state index >= 15 is 0 Å². The van der Waals surface area contributed by atoms with Crippen LogP contribution in [0.15, 0.2) is 30.6 Å². The minimum absolute atomic E-state index is 0.0801. The molecule has 0 fully saturated rings. The Bertz CT molecular complexity index is 513. The first-order valence-electron chi connectivity index (χ1n) is 6.37. The number of hydrogen-bond acceptors (Lipinski definition) is 2. The highest BCUT2D eigenvalue weighted by molar-refractivity contribution is 6.30. The Labute approximate surface area is 117 Å². The van der Waals surface area contributed by atoms with Crippen LogP contribution >= 0.6 is 11.6 Å². The maximum Gasteiger partial charge on any atom is 0.141 e. The maximum absolute atomic E-state index is 13.1. The Morgan fingerprint density at radius 3 is 2.95 bits per heavy atom. The van der Waals surface area contributed by atoms with Crippen molar-refractivity contribution in [3.63, 3.8) is 0 Å². The van der Waals surface area contributed by atoms with Crippen LogP contribution in [0.2, 0.25) is 5.02 Å². The highest BCUT2D eigenvalue weighted by Gasteiger charge is 2.14. The number of aromatic amines is 1. The first-order chi connectivity index (χ1) is 9.20. The van der Waals surface area contributed by atoms with Gasteiger partial charge in [0.15, 0.2) is 0 Å². The number of H-pyrrole nitrogens is 1. The zero-order valence-electron chi connectivity index (χ0n) is 10.8. The lowest BCUT2D eigenvalue weighted by Crippen LogP contribution is -2.25. The Hall–Kier alpha value is -1.39. The second-order valence-corrected chi connectivity index (χ2v) is 4.84. The first-order valence-corrected chi connectivity index (χ1v) is 6.75. The van der Waals surface area contributed by atoms with Crippen molar-refractivity contribution in [1.29, 1.82) is 0 Å². The van der Waals surface area contributed by atoms with E-state index in [4.69, 9.17) is 11.6 Å². The normalized spacial score (nSPS) is 12.6. The van der Waals surface area contributed by atoms with Crippen molar-refractivity contribution in [2.24, 2.45) is 0 Å². The number of hydrogen-bond donors (Lipinski definition) is 2. The van der Waals surface area contributed by atoms with Crippen LogP contribution in [0.25, 0.3) is 0 Å². The van der Waals surface area contributed by atoms with Gasteiger partial charge in [0.2, 0.25) is 0 Å². The Morgan fingerprint density at radius 1 is 1.47 bits per heavy atom. The molecular formula is C14H17ClFN3. The Balaban J connectivity index is 2.13. The quantitative estimate of drug-likeness (QED) is 0.851. The second-order valence-electron chi connectivity index (χ2n) is 4.43. The van der Waals surface area contributed by atoms with Crippen LogP contribution in [0.1, 0.15) is 30.8 Å². The van der Waals surface area contributed by atoms with Gasteiger partial charge in [-0.15, -0.1) is 0 Å². The first kappa shape index (κ1) is 14.0. The number of nitrogens with zero attached hydrogens (tertiary/aromatic N) is 1. The van der Waals surface area contributed by atoms with Gasteiger partial charge in [-0.05, 0) is 37.1 Å². The molecule has 3 nitrogen and oxygen atoms in total. The summed E-state index contributed by atoms with van der Waals surface area (Å²) in [4.78, 5) is 7.39. The van der Waals surface area contributed by atoms with Gasteiger partial charge in [-0.3, -0.25) is 0 Å². The molecular weight excluding hydrogens is 265 g/mol. The molecule has 1 aromatic carbocycles. The molecule has 2 aromatic rings. The molecule has 1 aromatic heterocycles. The third kappa shape index (κ3) is 3.78. The summed E-state index contributed by atoms with van der Waals surface area (Å²) in [5.41, 5.74) is 0.983.